The largest absolute Gasteiger partial charge is 0.380 e. The van der Waals surface area contributed by atoms with Crippen LogP contribution in [0.4, 0.5) is 11.4 Å². The first-order valence-corrected chi connectivity index (χ1v) is 9.21. The van der Waals surface area contributed by atoms with Crippen molar-refractivity contribution in [3.63, 3.8) is 0 Å². The molecule has 1 aromatic carbocycles. The zero-order valence-electron chi connectivity index (χ0n) is 15.5. The summed E-state index contributed by atoms with van der Waals surface area (Å²) >= 11 is 0. The van der Waals surface area contributed by atoms with Gasteiger partial charge in [-0.1, -0.05) is 18.2 Å². The summed E-state index contributed by atoms with van der Waals surface area (Å²) in [6, 6.07) is 5.66. The van der Waals surface area contributed by atoms with Gasteiger partial charge >= 0.3 is 0 Å². The average molecular weight is 363 g/mol. The van der Waals surface area contributed by atoms with Crippen LogP contribution in [0.15, 0.2) is 48.2 Å². The first kappa shape index (κ1) is 17.3. The average Bonchev–Trinajstić information content (AvgIpc) is 3.07. The van der Waals surface area contributed by atoms with E-state index in [4.69, 9.17) is 0 Å². The van der Waals surface area contributed by atoms with Crippen LogP contribution in [-0.4, -0.2) is 41.6 Å². The van der Waals surface area contributed by atoms with Crippen molar-refractivity contribution in [1.29, 1.82) is 0 Å². The van der Waals surface area contributed by atoms with Crippen molar-refractivity contribution in [1.82, 2.24) is 4.90 Å². The van der Waals surface area contributed by atoms with Gasteiger partial charge < -0.3 is 15.5 Å². The molecule has 2 atom stereocenters. The highest BCUT2D eigenvalue weighted by Gasteiger charge is 2.39. The lowest BCUT2D eigenvalue weighted by Gasteiger charge is -2.27. The molecule has 2 amide bonds. The third kappa shape index (κ3) is 3.18. The molecule has 1 aromatic rings. The number of carbonyl (C=O) groups is 2. The molecular weight excluding hydrogens is 340 g/mol. The summed E-state index contributed by atoms with van der Waals surface area (Å²) in [4.78, 5) is 29.5. The summed E-state index contributed by atoms with van der Waals surface area (Å²) < 4.78 is 0. The summed E-state index contributed by atoms with van der Waals surface area (Å²) in [5, 5.41) is 6.35. The molecule has 2 unspecified atom stereocenters. The second-order valence-corrected chi connectivity index (χ2v) is 7.05. The molecule has 3 N–H and O–H groups in total. The molecular formula is C21H23N4O2+. The van der Waals surface area contributed by atoms with Gasteiger partial charge in [-0.2, -0.15) is 0 Å². The number of rotatable bonds is 3. The molecule has 3 aliphatic rings. The van der Waals surface area contributed by atoms with Gasteiger partial charge in [-0.3, -0.25) is 9.59 Å². The Hall–Kier alpha value is -3.15. The monoisotopic (exact) mass is 363 g/mol. The number of carbonyl (C=O) groups excluding carboxylic acids is 2. The number of hydrogen-bond acceptors (Lipinski definition) is 3. The Morgan fingerprint density at radius 1 is 1.30 bits per heavy atom. The summed E-state index contributed by atoms with van der Waals surface area (Å²) in [5.41, 5.74) is 4.68. The van der Waals surface area contributed by atoms with E-state index in [0.29, 0.717) is 13.0 Å². The lowest BCUT2D eigenvalue weighted by molar-refractivity contribution is -0.467. The maximum absolute atomic E-state index is 12.7. The number of benzene rings is 1. The van der Waals surface area contributed by atoms with E-state index < -0.39 is 0 Å². The van der Waals surface area contributed by atoms with E-state index in [0.717, 1.165) is 28.1 Å². The van der Waals surface area contributed by atoms with Gasteiger partial charge in [0.25, 0.3) is 11.9 Å². The predicted molar refractivity (Wildman–Crippen MR) is 106 cm³/mol. The van der Waals surface area contributed by atoms with Gasteiger partial charge in [0.1, 0.15) is 0 Å². The minimum absolute atomic E-state index is 0.0128. The number of allylic oxidation sites excluding steroid dienone is 2. The summed E-state index contributed by atoms with van der Waals surface area (Å²) in [7, 11) is 0. The summed E-state index contributed by atoms with van der Waals surface area (Å²) in [6.07, 6.45) is 10.1. The summed E-state index contributed by atoms with van der Waals surface area (Å²) in [6.45, 7) is 4.48. The lowest BCUT2D eigenvalue weighted by Crippen LogP contribution is -2.79. The number of fused-ring (bicyclic) bond motifs is 2. The molecule has 3 aliphatic heterocycles. The first-order valence-electron chi connectivity index (χ1n) is 9.21. The highest BCUT2D eigenvalue weighted by atomic mass is 16.2. The fraction of sp³-hybridized carbons (Fsp3) is 0.286. The molecule has 0 fully saturated rings. The SMILES string of the molecule is C/C=C/CN1C=C(c2ccc3c(c2)NC(C)CC(=O)N3)C2=CC=[NH+]C2C1=O. The van der Waals surface area contributed by atoms with E-state index in [1.807, 2.05) is 62.7 Å². The van der Waals surface area contributed by atoms with Crippen molar-refractivity contribution in [3.05, 3.63) is 53.8 Å². The van der Waals surface area contributed by atoms with Crippen molar-refractivity contribution in [2.24, 2.45) is 0 Å². The Bertz CT molecular complexity index is 926. The van der Waals surface area contributed by atoms with Crippen molar-refractivity contribution in [2.75, 3.05) is 17.2 Å². The normalized spacial score (nSPS) is 24.0. The molecule has 4 rings (SSSR count). The molecule has 0 saturated heterocycles. The fourth-order valence-electron chi connectivity index (χ4n) is 3.67. The van der Waals surface area contributed by atoms with Crippen LogP contribution in [0.3, 0.4) is 0 Å². The topological polar surface area (TPSA) is 75.4 Å². The van der Waals surface area contributed by atoms with Gasteiger partial charge in [-0.15, -0.1) is 0 Å². The van der Waals surface area contributed by atoms with Gasteiger partial charge in [-0.25, -0.2) is 4.99 Å². The molecule has 138 valence electrons. The van der Waals surface area contributed by atoms with Gasteiger partial charge in [0, 0.05) is 42.4 Å². The molecule has 0 saturated carbocycles. The Labute approximate surface area is 158 Å². The van der Waals surface area contributed by atoms with Crippen LogP contribution in [0.25, 0.3) is 5.57 Å². The van der Waals surface area contributed by atoms with Crippen molar-refractivity contribution >= 4 is 35.0 Å². The molecule has 0 bridgehead atoms. The predicted octanol–water partition coefficient (Wildman–Crippen LogP) is 1.05. The minimum atomic E-state index is -0.347. The maximum Gasteiger partial charge on any atom is 0.300 e. The molecule has 6 nitrogen and oxygen atoms in total. The maximum atomic E-state index is 12.7. The second kappa shape index (κ2) is 6.87. The Morgan fingerprint density at radius 3 is 2.96 bits per heavy atom. The second-order valence-electron chi connectivity index (χ2n) is 7.05. The van der Waals surface area contributed by atoms with Gasteiger partial charge in [0.15, 0.2) is 6.21 Å². The van der Waals surface area contributed by atoms with Crippen LogP contribution in [0.2, 0.25) is 0 Å². The van der Waals surface area contributed by atoms with Gasteiger partial charge in [0.2, 0.25) is 5.91 Å². The van der Waals surface area contributed by atoms with E-state index in [1.165, 1.54) is 0 Å². The summed E-state index contributed by atoms with van der Waals surface area (Å²) in [5.74, 6) is 0.0597. The highest BCUT2D eigenvalue weighted by molar-refractivity contribution is 6.02. The highest BCUT2D eigenvalue weighted by Crippen LogP contribution is 2.35. The van der Waals surface area contributed by atoms with E-state index in [1.54, 1.807) is 4.90 Å². The molecule has 0 aliphatic carbocycles. The number of nitrogens with one attached hydrogen (secondary N) is 3. The number of hydrogen-bond donors (Lipinski definition) is 3. The fourth-order valence-corrected chi connectivity index (χ4v) is 3.67. The standard InChI is InChI=1S/C21H22N4O2/c1-3-4-9-25-12-16(15-7-8-22-20(15)21(25)27)14-5-6-17-18(11-14)23-13(2)10-19(26)24-17/h3-8,11-13,20,23H,9-10H2,1-2H3,(H,24,26)/p+1/b4-3+. The van der Waals surface area contributed by atoms with Crippen LogP contribution >= 0.6 is 0 Å². The van der Waals surface area contributed by atoms with Crippen molar-refractivity contribution < 1.29 is 14.6 Å². The van der Waals surface area contributed by atoms with Gasteiger partial charge in [0.05, 0.1) is 11.4 Å². The van der Waals surface area contributed by atoms with E-state index in [2.05, 4.69) is 15.6 Å². The van der Waals surface area contributed by atoms with Crippen LogP contribution in [0.5, 0.6) is 0 Å². The molecule has 0 aromatic heterocycles. The Kier molecular flexibility index (Phi) is 4.39. The molecule has 0 spiro atoms. The van der Waals surface area contributed by atoms with Crippen LogP contribution in [0, 0.1) is 0 Å². The zero-order chi connectivity index (χ0) is 19.0. The third-order valence-corrected chi connectivity index (χ3v) is 5.00. The minimum Gasteiger partial charge on any atom is -0.380 e. The van der Waals surface area contributed by atoms with E-state index >= 15 is 0 Å². The lowest BCUT2D eigenvalue weighted by atomic mass is 9.90. The first-order chi connectivity index (χ1) is 13.1. The molecule has 6 heteroatoms. The van der Waals surface area contributed by atoms with Crippen molar-refractivity contribution in [3.8, 4) is 0 Å². The Balaban J connectivity index is 1.75. The molecule has 3 heterocycles. The van der Waals surface area contributed by atoms with Crippen LogP contribution in [0.1, 0.15) is 25.8 Å². The zero-order valence-corrected chi connectivity index (χ0v) is 15.5. The van der Waals surface area contributed by atoms with E-state index in [-0.39, 0.29) is 23.9 Å². The Morgan fingerprint density at radius 2 is 2.15 bits per heavy atom. The third-order valence-electron chi connectivity index (χ3n) is 5.00. The number of anilines is 2. The van der Waals surface area contributed by atoms with Gasteiger partial charge in [-0.05, 0) is 31.5 Å². The van der Waals surface area contributed by atoms with Crippen LogP contribution < -0.4 is 15.6 Å². The van der Waals surface area contributed by atoms with Crippen molar-refractivity contribution in [2.45, 2.75) is 32.4 Å². The molecule has 0 radical (unpaired) electrons. The molecule has 27 heavy (non-hydrogen) atoms. The number of amides is 2. The smallest absolute Gasteiger partial charge is 0.300 e. The quantitative estimate of drug-likeness (QED) is 0.703. The van der Waals surface area contributed by atoms with E-state index in [9.17, 15) is 9.59 Å². The number of nitrogens with zero attached hydrogens (tertiary/aromatic N) is 1. The van der Waals surface area contributed by atoms with Crippen LogP contribution in [-0.2, 0) is 9.59 Å².